The van der Waals surface area contributed by atoms with E-state index >= 15 is 0 Å². The van der Waals surface area contributed by atoms with Crippen LogP contribution in [0.3, 0.4) is 0 Å². The summed E-state index contributed by atoms with van der Waals surface area (Å²) in [5.41, 5.74) is 6.54. The van der Waals surface area contributed by atoms with Crippen molar-refractivity contribution in [1.29, 1.82) is 5.41 Å². The van der Waals surface area contributed by atoms with E-state index in [1.807, 2.05) is 39.0 Å². The van der Waals surface area contributed by atoms with Crippen LogP contribution >= 0.6 is 0 Å². The number of rotatable bonds is 3. The topological polar surface area (TPSA) is 92.3 Å². The molecule has 2 rings (SSSR count). The summed E-state index contributed by atoms with van der Waals surface area (Å²) in [7, 11) is 1.60. The van der Waals surface area contributed by atoms with Crippen molar-refractivity contribution in [2.75, 3.05) is 12.8 Å². The van der Waals surface area contributed by atoms with Crippen LogP contribution in [0.4, 0.5) is 10.6 Å². The maximum Gasteiger partial charge on any atom is 0.414 e. The van der Waals surface area contributed by atoms with Gasteiger partial charge in [0.15, 0.2) is 0 Å². The van der Waals surface area contributed by atoms with E-state index in [9.17, 15) is 4.79 Å². The Bertz CT molecular complexity index is 806. The molecular weight excluding hydrogens is 304 g/mol. The number of nitrogens with two attached hydrogens (primary N) is 1. The van der Waals surface area contributed by atoms with Gasteiger partial charge in [0, 0.05) is 36.6 Å². The van der Waals surface area contributed by atoms with E-state index < -0.39 is 11.7 Å². The Morgan fingerprint density at radius 1 is 1.29 bits per heavy atom. The second kappa shape index (κ2) is 6.70. The van der Waals surface area contributed by atoms with Crippen molar-refractivity contribution in [3.63, 3.8) is 0 Å². The zero-order valence-electron chi connectivity index (χ0n) is 14.3. The van der Waals surface area contributed by atoms with E-state index in [1.54, 1.807) is 25.5 Å². The Hall–Kier alpha value is -2.89. The molecule has 0 unspecified atom stereocenters. The number of nitrogens with zero attached hydrogens (tertiary/aromatic N) is 2. The number of nitrogens with one attached hydrogen (secondary N) is 1. The molecular formula is C18H22N4O2. The minimum absolute atomic E-state index is 0.436. The van der Waals surface area contributed by atoms with Gasteiger partial charge in [0.05, 0.1) is 0 Å². The Morgan fingerprint density at radius 2 is 2.00 bits per heavy atom. The third kappa shape index (κ3) is 4.32. The quantitative estimate of drug-likeness (QED) is 0.842. The summed E-state index contributed by atoms with van der Waals surface area (Å²) in [6.45, 7) is 5.42. The van der Waals surface area contributed by atoms with Gasteiger partial charge in [0.1, 0.15) is 11.4 Å². The number of ether oxygens (including phenoxy) is 1. The predicted octanol–water partition coefficient (Wildman–Crippen LogP) is 3.67. The first-order chi connectivity index (χ1) is 11.2. The number of benzene rings is 1. The van der Waals surface area contributed by atoms with Crippen molar-refractivity contribution in [1.82, 2.24) is 9.88 Å². The lowest BCUT2D eigenvalue weighted by Gasteiger charge is -2.23. The second-order valence-corrected chi connectivity index (χ2v) is 6.49. The molecule has 24 heavy (non-hydrogen) atoms. The normalized spacial score (nSPS) is 12.1. The van der Waals surface area contributed by atoms with Gasteiger partial charge in [-0.05, 0) is 43.9 Å². The van der Waals surface area contributed by atoms with Crippen molar-refractivity contribution in [3.05, 3.63) is 42.2 Å². The Kier molecular flexibility index (Phi) is 4.87. The van der Waals surface area contributed by atoms with Gasteiger partial charge in [-0.3, -0.25) is 4.90 Å². The summed E-state index contributed by atoms with van der Waals surface area (Å²) in [6.07, 6.45) is 4.00. The molecule has 1 aromatic heterocycles. The number of aromatic nitrogens is 1. The molecule has 0 saturated carbocycles. The molecule has 126 valence electrons. The van der Waals surface area contributed by atoms with Gasteiger partial charge in [-0.1, -0.05) is 12.1 Å². The van der Waals surface area contributed by atoms with Gasteiger partial charge in [0.25, 0.3) is 0 Å². The first-order valence-corrected chi connectivity index (χ1v) is 7.53. The molecule has 0 radical (unpaired) electrons. The van der Waals surface area contributed by atoms with Crippen LogP contribution in [0.25, 0.3) is 16.3 Å². The number of nitrogen functional groups attached to an aromatic ring is 1. The fourth-order valence-corrected chi connectivity index (χ4v) is 2.13. The summed E-state index contributed by atoms with van der Waals surface area (Å²) in [4.78, 5) is 17.4. The summed E-state index contributed by atoms with van der Waals surface area (Å²) in [6, 6.07) is 7.47. The minimum atomic E-state index is -0.572. The lowest BCUT2D eigenvalue weighted by atomic mass is 10.0. The highest BCUT2D eigenvalue weighted by Crippen LogP contribution is 2.22. The highest BCUT2D eigenvalue weighted by Gasteiger charge is 2.19. The summed E-state index contributed by atoms with van der Waals surface area (Å²) in [5.74, 6) is 0.436. The van der Waals surface area contributed by atoms with Crippen molar-refractivity contribution >= 4 is 34.5 Å². The molecule has 0 bridgehead atoms. The molecule has 0 aliphatic rings. The lowest BCUT2D eigenvalue weighted by molar-refractivity contribution is 0.0373. The molecule has 0 atom stereocenters. The standard InChI is InChI=1S/C18H22N4O2/c1-18(2,3)24-17(23)22(4)11-15(9-19)12-5-6-13-10-21-16(20)8-14(13)7-12/h5-11,19H,1-4H3,(H2,20,21)/b15-11+,19-9?. The van der Waals surface area contributed by atoms with Crippen LogP contribution in [-0.4, -0.2) is 34.8 Å². The van der Waals surface area contributed by atoms with Crippen molar-refractivity contribution in [2.24, 2.45) is 0 Å². The molecule has 1 aromatic carbocycles. The fourth-order valence-electron chi connectivity index (χ4n) is 2.13. The first kappa shape index (κ1) is 17.5. The highest BCUT2D eigenvalue weighted by molar-refractivity contribution is 6.09. The number of carbonyl (C=O) groups excluding carboxylic acids is 1. The molecule has 6 nitrogen and oxygen atoms in total. The Labute approximate surface area is 141 Å². The van der Waals surface area contributed by atoms with Gasteiger partial charge < -0.3 is 15.9 Å². The molecule has 1 heterocycles. The fraction of sp³-hybridized carbons (Fsp3) is 0.278. The molecule has 3 N–H and O–H groups in total. The highest BCUT2D eigenvalue weighted by atomic mass is 16.6. The number of allylic oxidation sites excluding steroid dienone is 1. The van der Waals surface area contributed by atoms with E-state index in [1.165, 1.54) is 11.1 Å². The molecule has 6 heteroatoms. The van der Waals surface area contributed by atoms with E-state index in [0.29, 0.717) is 11.4 Å². The number of fused-ring (bicyclic) bond motifs is 1. The third-order valence-electron chi connectivity index (χ3n) is 3.25. The molecule has 0 saturated heterocycles. The van der Waals surface area contributed by atoms with Gasteiger partial charge in [0.2, 0.25) is 0 Å². The third-order valence-corrected chi connectivity index (χ3v) is 3.25. The average molecular weight is 326 g/mol. The monoisotopic (exact) mass is 326 g/mol. The van der Waals surface area contributed by atoms with E-state index in [-0.39, 0.29) is 0 Å². The molecule has 1 amide bonds. The maximum atomic E-state index is 12.1. The Balaban J connectivity index is 2.33. The number of anilines is 1. The number of carbonyl (C=O) groups is 1. The van der Waals surface area contributed by atoms with Crippen molar-refractivity contribution in [2.45, 2.75) is 26.4 Å². The number of hydrogen-bond acceptors (Lipinski definition) is 5. The predicted molar refractivity (Wildman–Crippen MR) is 96.9 cm³/mol. The molecule has 0 fully saturated rings. The van der Waals surface area contributed by atoms with E-state index in [2.05, 4.69) is 4.98 Å². The molecule has 0 aliphatic carbocycles. The lowest BCUT2D eigenvalue weighted by Crippen LogP contribution is -2.31. The van der Waals surface area contributed by atoms with Gasteiger partial charge in [-0.25, -0.2) is 9.78 Å². The van der Waals surface area contributed by atoms with Gasteiger partial charge in [-0.2, -0.15) is 0 Å². The number of pyridine rings is 1. The van der Waals surface area contributed by atoms with Crippen LogP contribution in [0.15, 0.2) is 36.7 Å². The van der Waals surface area contributed by atoms with Gasteiger partial charge >= 0.3 is 6.09 Å². The van der Waals surface area contributed by atoms with Crippen LogP contribution in [0.2, 0.25) is 0 Å². The summed E-state index contributed by atoms with van der Waals surface area (Å²) >= 11 is 0. The van der Waals surface area contributed by atoms with E-state index in [0.717, 1.165) is 16.3 Å². The van der Waals surface area contributed by atoms with Crippen molar-refractivity contribution in [3.8, 4) is 0 Å². The molecule has 0 aliphatic heterocycles. The van der Waals surface area contributed by atoms with Crippen molar-refractivity contribution < 1.29 is 9.53 Å². The summed E-state index contributed by atoms with van der Waals surface area (Å²) in [5, 5.41) is 9.53. The SMILES string of the molecule is CN(/C=C(\C=N)c1ccc2cnc(N)cc2c1)C(=O)OC(C)(C)C. The maximum absolute atomic E-state index is 12.1. The van der Waals surface area contributed by atoms with Crippen LogP contribution in [-0.2, 0) is 4.74 Å². The molecule has 2 aromatic rings. The minimum Gasteiger partial charge on any atom is -0.443 e. The van der Waals surface area contributed by atoms with Crippen LogP contribution in [0, 0.1) is 5.41 Å². The summed E-state index contributed by atoms with van der Waals surface area (Å²) < 4.78 is 5.31. The Morgan fingerprint density at radius 3 is 2.62 bits per heavy atom. The van der Waals surface area contributed by atoms with Crippen LogP contribution in [0.1, 0.15) is 26.3 Å². The zero-order valence-corrected chi connectivity index (χ0v) is 14.3. The first-order valence-electron chi connectivity index (χ1n) is 7.53. The smallest absolute Gasteiger partial charge is 0.414 e. The zero-order chi connectivity index (χ0) is 17.9. The van der Waals surface area contributed by atoms with Crippen LogP contribution in [0.5, 0.6) is 0 Å². The number of hydrogen-bond donors (Lipinski definition) is 2. The number of amides is 1. The average Bonchev–Trinajstić information content (AvgIpc) is 2.49. The second-order valence-electron chi connectivity index (χ2n) is 6.49. The van der Waals surface area contributed by atoms with Crippen LogP contribution < -0.4 is 5.73 Å². The molecule has 0 spiro atoms. The largest absolute Gasteiger partial charge is 0.443 e. The van der Waals surface area contributed by atoms with E-state index in [4.69, 9.17) is 15.9 Å². The van der Waals surface area contributed by atoms with Gasteiger partial charge in [-0.15, -0.1) is 0 Å².